The first-order valence-corrected chi connectivity index (χ1v) is 6.70. The number of carbonyl (C=O) groups is 1. The average molecular weight is 264 g/mol. The molecular formula is C15H24N2O2. The summed E-state index contributed by atoms with van der Waals surface area (Å²) >= 11 is 0. The molecule has 1 rings (SSSR count). The molecule has 0 spiro atoms. The van der Waals surface area contributed by atoms with Crippen LogP contribution in [0.1, 0.15) is 31.9 Å². The second-order valence-corrected chi connectivity index (χ2v) is 5.07. The number of nitrogens with one attached hydrogen (secondary N) is 1. The number of hydrogen-bond acceptors (Lipinski definition) is 3. The lowest BCUT2D eigenvalue weighted by Gasteiger charge is -2.18. The van der Waals surface area contributed by atoms with Crippen molar-refractivity contribution >= 4 is 5.91 Å². The van der Waals surface area contributed by atoms with Crippen molar-refractivity contribution in [2.24, 2.45) is 5.73 Å². The van der Waals surface area contributed by atoms with Crippen LogP contribution in [0.15, 0.2) is 18.2 Å². The Morgan fingerprint density at radius 1 is 1.37 bits per heavy atom. The van der Waals surface area contributed by atoms with Crippen LogP contribution in [-0.4, -0.2) is 24.6 Å². The van der Waals surface area contributed by atoms with Crippen molar-refractivity contribution in [2.45, 2.75) is 46.3 Å². The monoisotopic (exact) mass is 264 g/mol. The first-order valence-electron chi connectivity index (χ1n) is 6.70. The third-order valence-corrected chi connectivity index (χ3v) is 2.73. The summed E-state index contributed by atoms with van der Waals surface area (Å²) in [5, 5.41) is 2.84. The molecule has 0 aromatic heterocycles. The molecule has 0 heterocycles. The quantitative estimate of drug-likeness (QED) is 0.823. The highest BCUT2D eigenvalue weighted by atomic mass is 16.5. The van der Waals surface area contributed by atoms with Crippen LogP contribution in [0.3, 0.4) is 0 Å². The highest BCUT2D eigenvalue weighted by molar-refractivity contribution is 5.80. The van der Waals surface area contributed by atoms with E-state index in [0.717, 1.165) is 23.3 Å². The number of amides is 1. The van der Waals surface area contributed by atoms with E-state index in [2.05, 4.69) is 11.4 Å². The molecule has 1 aromatic carbocycles. The molecule has 0 aliphatic heterocycles. The van der Waals surface area contributed by atoms with E-state index in [1.54, 1.807) is 6.92 Å². The molecule has 0 saturated carbocycles. The van der Waals surface area contributed by atoms with Crippen LogP contribution in [0.4, 0.5) is 0 Å². The van der Waals surface area contributed by atoms with Gasteiger partial charge in [-0.2, -0.15) is 0 Å². The van der Waals surface area contributed by atoms with Crippen molar-refractivity contribution in [2.75, 3.05) is 6.54 Å². The minimum absolute atomic E-state index is 0.103. The molecule has 1 atom stereocenters. The maximum absolute atomic E-state index is 11.8. The Balaban J connectivity index is 2.78. The molecule has 1 amide bonds. The molecule has 0 aliphatic carbocycles. The van der Waals surface area contributed by atoms with Gasteiger partial charge in [-0.15, -0.1) is 0 Å². The molecule has 4 heteroatoms. The number of benzene rings is 1. The summed E-state index contributed by atoms with van der Waals surface area (Å²) in [6, 6.07) is 6.04. The summed E-state index contributed by atoms with van der Waals surface area (Å²) in [5.41, 5.74) is 7.81. The highest BCUT2D eigenvalue weighted by Crippen LogP contribution is 2.21. The van der Waals surface area contributed by atoms with Gasteiger partial charge >= 0.3 is 0 Å². The lowest BCUT2D eigenvalue weighted by atomic mass is 10.1. The highest BCUT2D eigenvalue weighted by Gasteiger charge is 2.16. The second kappa shape index (κ2) is 7.14. The van der Waals surface area contributed by atoms with Crippen LogP contribution in [-0.2, 0) is 11.2 Å². The molecule has 106 valence electrons. The van der Waals surface area contributed by atoms with E-state index >= 15 is 0 Å². The molecule has 0 fully saturated rings. The summed E-state index contributed by atoms with van der Waals surface area (Å²) in [5.74, 6) is 0.636. The van der Waals surface area contributed by atoms with Gasteiger partial charge in [-0.05, 0) is 52.3 Å². The predicted octanol–water partition coefficient (Wildman–Crippen LogP) is 1.79. The summed E-state index contributed by atoms with van der Waals surface area (Å²) in [4.78, 5) is 11.8. The van der Waals surface area contributed by atoms with Gasteiger partial charge < -0.3 is 15.8 Å². The third-order valence-electron chi connectivity index (χ3n) is 2.73. The van der Waals surface area contributed by atoms with Crippen molar-refractivity contribution in [1.29, 1.82) is 0 Å². The molecule has 1 aromatic rings. The van der Waals surface area contributed by atoms with Crippen LogP contribution < -0.4 is 15.8 Å². The van der Waals surface area contributed by atoms with E-state index in [9.17, 15) is 4.79 Å². The number of nitrogens with two attached hydrogens (primary N) is 1. The van der Waals surface area contributed by atoms with Crippen LogP contribution in [0.2, 0.25) is 0 Å². The van der Waals surface area contributed by atoms with Crippen LogP contribution in [0, 0.1) is 6.92 Å². The van der Waals surface area contributed by atoms with Crippen molar-refractivity contribution in [3.63, 3.8) is 0 Å². The lowest BCUT2D eigenvalue weighted by Crippen LogP contribution is -2.40. The van der Waals surface area contributed by atoms with Crippen LogP contribution in [0.25, 0.3) is 0 Å². The first-order chi connectivity index (χ1) is 8.93. The number of hydrogen-bond donors (Lipinski definition) is 2. The van der Waals surface area contributed by atoms with Gasteiger partial charge in [0.1, 0.15) is 5.75 Å². The maximum atomic E-state index is 11.8. The summed E-state index contributed by atoms with van der Waals surface area (Å²) in [6.45, 7) is 8.20. The van der Waals surface area contributed by atoms with Crippen molar-refractivity contribution < 1.29 is 9.53 Å². The number of rotatable bonds is 6. The van der Waals surface area contributed by atoms with Gasteiger partial charge in [-0.1, -0.05) is 17.7 Å². The summed E-state index contributed by atoms with van der Waals surface area (Å²) < 4.78 is 5.75. The Hall–Kier alpha value is -1.55. The SMILES string of the molecule is Cc1ccc(OC(C)C(=O)NC(C)C)c(CCN)c1. The Labute approximate surface area is 115 Å². The Morgan fingerprint density at radius 2 is 2.05 bits per heavy atom. The maximum Gasteiger partial charge on any atom is 0.260 e. The zero-order valence-electron chi connectivity index (χ0n) is 12.2. The molecule has 19 heavy (non-hydrogen) atoms. The van der Waals surface area contributed by atoms with E-state index in [4.69, 9.17) is 10.5 Å². The topological polar surface area (TPSA) is 64.3 Å². The fourth-order valence-corrected chi connectivity index (χ4v) is 1.82. The average Bonchev–Trinajstić information content (AvgIpc) is 2.32. The normalized spacial score (nSPS) is 12.3. The molecule has 1 unspecified atom stereocenters. The number of ether oxygens (including phenoxy) is 1. The Morgan fingerprint density at radius 3 is 2.63 bits per heavy atom. The smallest absolute Gasteiger partial charge is 0.260 e. The van der Waals surface area contributed by atoms with E-state index in [1.165, 1.54) is 0 Å². The molecule has 0 aliphatic rings. The summed E-state index contributed by atoms with van der Waals surface area (Å²) in [7, 11) is 0. The van der Waals surface area contributed by atoms with Crippen molar-refractivity contribution in [1.82, 2.24) is 5.32 Å². The van der Waals surface area contributed by atoms with Gasteiger partial charge in [0.25, 0.3) is 5.91 Å². The fourth-order valence-electron chi connectivity index (χ4n) is 1.82. The molecule has 4 nitrogen and oxygen atoms in total. The molecular weight excluding hydrogens is 240 g/mol. The largest absolute Gasteiger partial charge is 0.481 e. The molecule has 0 radical (unpaired) electrons. The van der Waals surface area contributed by atoms with E-state index in [1.807, 2.05) is 32.9 Å². The van der Waals surface area contributed by atoms with Gasteiger partial charge in [0.2, 0.25) is 0 Å². The van der Waals surface area contributed by atoms with E-state index in [0.29, 0.717) is 6.54 Å². The van der Waals surface area contributed by atoms with Gasteiger partial charge in [0.05, 0.1) is 0 Å². The van der Waals surface area contributed by atoms with Gasteiger partial charge in [-0.25, -0.2) is 0 Å². The fraction of sp³-hybridized carbons (Fsp3) is 0.533. The predicted molar refractivity (Wildman–Crippen MR) is 77.3 cm³/mol. The number of carbonyl (C=O) groups excluding carboxylic acids is 1. The van der Waals surface area contributed by atoms with Gasteiger partial charge in [0, 0.05) is 6.04 Å². The van der Waals surface area contributed by atoms with Crippen LogP contribution in [0.5, 0.6) is 5.75 Å². The van der Waals surface area contributed by atoms with Crippen molar-refractivity contribution in [3.8, 4) is 5.75 Å². The van der Waals surface area contributed by atoms with Crippen LogP contribution >= 0.6 is 0 Å². The molecule has 3 N–H and O–H groups in total. The Kier molecular flexibility index (Phi) is 5.83. The van der Waals surface area contributed by atoms with E-state index in [-0.39, 0.29) is 11.9 Å². The number of aryl methyl sites for hydroxylation is 1. The van der Waals surface area contributed by atoms with Gasteiger partial charge in [0.15, 0.2) is 6.10 Å². The van der Waals surface area contributed by atoms with E-state index < -0.39 is 6.10 Å². The van der Waals surface area contributed by atoms with Crippen molar-refractivity contribution in [3.05, 3.63) is 29.3 Å². The third kappa shape index (κ3) is 4.91. The zero-order chi connectivity index (χ0) is 14.4. The second-order valence-electron chi connectivity index (χ2n) is 5.07. The first kappa shape index (κ1) is 15.5. The minimum Gasteiger partial charge on any atom is -0.481 e. The molecule has 0 bridgehead atoms. The van der Waals surface area contributed by atoms with Gasteiger partial charge in [-0.3, -0.25) is 4.79 Å². The summed E-state index contributed by atoms with van der Waals surface area (Å²) in [6.07, 6.45) is 0.233. The molecule has 0 saturated heterocycles. The Bertz CT molecular complexity index is 430. The standard InChI is InChI=1S/C15H24N2O2/c1-10(2)17-15(18)12(4)19-14-6-5-11(3)9-13(14)7-8-16/h5-6,9-10,12H,7-8,16H2,1-4H3,(H,17,18). The lowest BCUT2D eigenvalue weighted by molar-refractivity contribution is -0.127. The minimum atomic E-state index is -0.512. The zero-order valence-corrected chi connectivity index (χ0v) is 12.2.